The molecule has 4 unspecified atom stereocenters. The van der Waals surface area contributed by atoms with Gasteiger partial charge in [0.05, 0.1) is 29.4 Å². The number of halogens is 4. The minimum absolute atomic E-state index is 0.465. The van der Waals surface area contributed by atoms with E-state index in [-0.39, 0.29) is 0 Å². The van der Waals surface area contributed by atoms with Crippen molar-refractivity contribution in [1.29, 1.82) is 0 Å². The first-order valence-electron chi connectivity index (χ1n) is 6.92. The number of carbonyl (C=O) groups excluding carboxylic acids is 1. The molecule has 4 atom stereocenters. The highest BCUT2D eigenvalue weighted by molar-refractivity contribution is 5.96. The van der Waals surface area contributed by atoms with Crippen LogP contribution in [0.1, 0.15) is 5.56 Å². The number of anilines is 1. The van der Waals surface area contributed by atoms with E-state index in [0.29, 0.717) is 18.2 Å². The molecule has 24 heavy (non-hydrogen) atoms. The number of nitrogens with one attached hydrogen (secondary N) is 1. The number of carboxylic acids is 1. The number of rotatable bonds is 3. The molecular weight excluding hydrogens is 334 g/mol. The van der Waals surface area contributed by atoms with Crippen molar-refractivity contribution in [2.75, 3.05) is 5.32 Å². The highest BCUT2D eigenvalue weighted by Gasteiger charge is 2.53. The highest BCUT2D eigenvalue weighted by atomic mass is 19.4. The van der Waals surface area contributed by atoms with Gasteiger partial charge in [-0.3, -0.25) is 9.59 Å². The number of aliphatic carboxylic acids is 1. The molecule has 2 heterocycles. The van der Waals surface area contributed by atoms with Gasteiger partial charge in [-0.2, -0.15) is 13.2 Å². The van der Waals surface area contributed by atoms with Crippen LogP contribution in [0.15, 0.2) is 30.4 Å². The first-order valence-corrected chi connectivity index (χ1v) is 6.92. The summed E-state index contributed by atoms with van der Waals surface area (Å²) in [4.78, 5) is 23.6. The summed E-state index contributed by atoms with van der Waals surface area (Å²) in [5.74, 6) is -5.54. The molecule has 2 aliphatic heterocycles. The van der Waals surface area contributed by atoms with Crippen LogP contribution in [0.5, 0.6) is 0 Å². The summed E-state index contributed by atoms with van der Waals surface area (Å²) in [6.07, 6.45) is -3.26. The summed E-state index contributed by atoms with van der Waals surface area (Å²) in [6.45, 7) is 0. The molecule has 1 aromatic rings. The van der Waals surface area contributed by atoms with Crippen molar-refractivity contribution in [2.24, 2.45) is 11.8 Å². The Morgan fingerprint density at radius 2 is 1.75 bits per heavy atom. The third-order valence-corrected chi connectivity index (χ3v) is 4.04. The summed E-state index contributed by atoms with van der Waals surface area (Å²) < 4.78 is 57.1. The molecule has 0 aromatic heterocycles. The van der Waals surface area contributed by atoms with Crippen LogP contribution in [0.25, 0.3) is 0 Å². The Hall–Kier alpha value is -2.42. The molecule has 0 spiro atoms. The molecule has 2 aliphatic rings. The Morgan fingerprint density at radius 3 is 2.33 bits per heavy atom. The summed E-state index contributed by atoms with van der Waals surface area (Å²) >= 11 is 0. The van der Waals surface area contributed by atoms with Crippen LogP contribution in [0, 0.1) is 17.7 Å². The molecule has 1 fully saturated rings. The van der Waals surface area contributed by atoms with E-state index in [1.54, 1.807) is 0 Å². The van der Waals surface area contributed by atoms with Crippen LogP contribution in [-0.2, 0) is 20.5 Å². The SMILES string of the molecule is O=C(O)C1C2C=CC(O2)C1C(=O)Nc1cc(C(F)(F)F)ccc1F. The molecule has 2 bridgehead atoms. The maximum Gasteiger partial charge on any atom is 0.416 e. The minimum atomic E-state index is -4.70. The predicted octanol–water partition coefficient (Wildman–Crippen LogP) is 2.44. The molecule has 1 aromatic carbocycles. The number of carbonyl (C=O) groups is 2. The number of alkyl halides is 3. The van der Waals surface area contributed by atoms with Crippen LogP contribution in [0.3, 0.4) is 0 Å². The van der Waals surface area contributed by atoms with Gasteiger partial charge in [0, 0.05) is 0 Å². The Bertz CT molecular complexity index is 731. The van der Waals surface area contributed by atoms with Crippen LogP contribution in [-0.4, -0.2) is 29.2 Å². The average molecular weight is 345 g/mol. The molecule has 3 rings (SSSR count). The second kappa shape index (κ2) is 5.59. The van der Waals surface area contributed by atoms with Crippen molar-refractivity contribution in [3.63, 3.8) is 0 Å². The lowest BCUT2D eigenvalue weighted by atomic mass is 9.82. The van der Waals surface area contributed by atoms with Gasteiger partial charge < -0.3 is 15.2 Å². The van der Waals surface area contributed by atoms with Gasteiger partial charge in [0.25, 0.3) is 0 Å². The van der Waals surface area contributed by atoms with E-state index in [4.69, 9.17) is 4.74 Å². The minimum Gasteiger partial charge on any atom is -0.481 e. The number of carboxylic acid groups (broad SMARTS) is 1. The molecule has 0 radical (unpaired) electrons. The van der Waals surface area contributed by atoms with Gasteiger partial charge >= 0.3 is 12.1 Å². The fourth-order valence-electron chi connectivity index (χ4n) is 2.93. The van der Waals surface area contributed by atoms with Crippen molar-refractivity contribution in [1.82, 2.24) is 0 Å². The van der Waals surface area contributed by atoms with Crippen molar-refractivity contribution in [2.45, 2.75) is 18.4 Å². The van der Waals surface area contributed by atoms with Crippen LogP contribution >= 0.6 is 0 Å². The van der Waals surface area contributed by atoms with Gasteiger partial charge in [0.2, 0.25) is 5.91 Å². The van der Waals surface area contributed by atoms with E-state index < -0.39 is 59.2 Å². The van der Waals surface area contributed by atoms with E-state index >= 15 is 0 Å². The zero-order valence-electron chi connectivity index (χ0n) is 11.9. The first kappa shape index (κ1) is 16.4. The second-order valence-electron chi connectivity index (χ2n) is 5.52. The van der Waals surface area contributed by atoms with E-state index in [0.717, 1.165) is 0 Å². The third kappa shape index (κ3) is 2.75. The smallest absolute Gasteiger partial charge is 0.416 e. The van der Waals surface area contributed by atoms with Gasteiger partial charge in [-0.05, 0) is 18.2 Å². The standard InChI is InChI=1S/C15H11F4NO4/c16-7-2-1-6(15(17,18)19)5-8(7)20-13(21)11-9-3-4-10(24-9)12(11)14(22)23/h1-5,9-12H,(H,20,21)(H,22,23). The van der Waals surface area contributed by atoms with Crippen LogP contribution in [0.2, 0.25) is 0 Å². The topological polar surface area (TPSA) is 75.6 Å². The van der Waals surface area contributed by atoms with Gasteiger partial charge in [0.15, 0.2) is 0 Å². The number of fused-ring (bicyclic) bond motifs is 2. The Morgan fingerprint density at radius 1 is 1.12 bits per heavy atom. The largest absolute Gasteiger partial charge is 0.481 e. The van der Waals surface area contributed by atoms with E-state index in [1.165, 1.54) is 12.2 Å². The Kier molecular flexibility index (Phi) is 3.83. The molecule has 2 N–H and O–H groups in total. The fourth-order valence-corrected chi connectivity index (χ4v) is 2.93. The van der Waals surface area contributed by atoms with Crippen molar-refractivity contribution in [3.05, 3.63) is 41.7 Å². The van der Waals surface area contributed by atoms with Gasteiger partial charge in [-0.25, -0.2) is 4.39 Å². The Balaban J connectivity index is 1.85. The molecule has 1 amide bonds. The number of hydrogen-bond donors (Lipinski definition) is 2. The van der Waals surface area contributed by atoms with Crippen LogP contribution in [0.4, 0.5) is 23.2 Å². The maximum absolute atomic E-state index is 13.7. The molecule has 1 saturated heterocycles. The summed E-state index contributed by atoms with van der Waals surface area (Å²) in [7, 11) is 0. The molecule has 0 aliphatic carbocycles. The lowest BCUT2D eigenvalue weighted by Gasteiger charge is -2.21. The first-order chi connectivity index (χ1) is 11.2. The molecule has 128 valence electrons. The summed E-state index contributed by atoms with van der Waals surface area (Å²) in [5, 5.41) is 11.3. The van der Waals surface area contributed by atoms with Crippen molar-refractivity contribution in [3.8, 4) is 0 Å². The number of ether oxygens (including phenoxy) is 1. The number of benzene rings is 1. The Labute approximate surface area is 132 Å². The van der Waals surface area contributed by atoms with Gasteiger partial charge in [0.1, 0.15) is 11.7 Å². The fraction of sp³-hybridized carbons (Fsp3) is 0.333. The zero-order chi connectivity index (χ0) is 17.6. The normalized spacial score (nSPS) is 28.2. The monoisotopic (exact) mass is 345 g/mol. The quantitative estimate of drug-likeness (QED) is 0.652. The average Bonchev–Trinajstić information content (AvgIpc) is 3.08. The van der Waals surface area contributed by atoms with E-state index in [9.17, 15) is 32.3 Å². The molecule has 9 heteroatoms. The summed E-state index contributed by atoms with van der Waals surface area (Å²) in [5.41, 5.74) is -1.79. The molecule has 0 saturated carbocycles. The van der Waals surface area contributed by atoms with Gasteiger partial charge in [-0.1, -0.05) is 12.2 Å². The van der Waals surface area contributed by atoms with Crippen LogP contribution < -0.4 is 5.32 Å². The maximum atomic E-state index is 13.7. The van der Waals surface area contributed by atoms with Gasteiger partial charge in [-0.15, -0.1) is 0 Å². The number of amides is 1. The van der Waals surface area contributed by atoms with Crippen molar-refractivity contribution >= 4 is 17.6 Å². The zero-order valence-corrected chi connectivity index (χ0v) is 11.9. The molecular formula is C15H11F4NO4. The van der Waals surface area contributed by atoms with E-state index in [2.05, 4.69) is 0 Å². The highest BCUT2D eigenvalue weighted by Crippen LogP contribution is 2.40. The van der Waals surface area contributed by atoms with E-state index in [1.807, 2.05) is 5.32 Å². The summed E-state index contributed by atoms with van der Waals surface area (Å²) in [6, 6.07) is 1.60. The lowest BCUT2D eigenvalue weighted by Crippen LogP contribution is -2.39. The molecule has 5 nitrogen and oxygen atoms in total. The second-order valence-corrected chi connectivity index (χ2v) is 5.52. The number of hydrogen-bond acceptors (Lipinski definition) is 3. The predicted molar refractivity (Wildman–Crippen MR) is 72.4 cm³/mol. The third-order valence-electron chi connectivity index (χ3n) is 4.04. The van der Waals surface area contributed by atoms with Crippen molar-refractivity contribution < 1.29 is 37.0 Å². The lowest BCUT2D eigenvalue weighted by molar-refractivity contribution is -0.145.